The number of carbonyl (C=O) groups excluding carboxylic acids is 1. The Hall–Kier alpha value is -2.36. The molecular weight excluding hydrogens is 276 g/mol. The predicted octanol–water partition coefficient (Wildman–Crippen LogP) is 3.20. The van der Waals surface area contributed by atoms with Crippen LogP contribution in [0.4, 0.5) is 0 Å². The lowest BCUT2D eigenvalue weighted by molar-refractivity contribution is -0.122. The minimum Gasteiger partial charge on any atom is -0.427 e. The highest BCUT2D eigenvalue weighted by molar-refractivity contribution is 5.79. The molecule has 4 nitrogen and oxygen atoms in total. The van der Waals surface area contributed by atoms with E-state index in [4.69, 9.17) is 0 Å². The number of unbranched alkanes of at least 4 members (excludes halogenated alkanes) is 1. The summed E-state index contributed by atoms with van der Waals surface area (Å²) < 4.78 is 0.872. The molecule has 0 radical (unpaired) electrons. The van der Waals surface area contributed by atoms with Gasteiger partial charge in [0.25, 0.3) is 5.91 Å². The minimum atomic E-state index is -0.175. The van der Waals surface area contributed by atoms with Gasteiger partial charge in [-0.05, 0) is 30.5 Å². The van der Waals surface area contributed by atoms with Gasteiger partial charge in [0.05, 0.1) is 0 Å². The maximum Gasteiger partial charge on any atom is 0.251 e. The molecule has 0 spiro atoms. The van der Waals surface area contributed by atoms with Crippen molar-refractivity contribution in [3.63, 3.8) is 0 Å². The van der Waals surface area contributed by atoms with E-state index >= 15 is 0 Å². The zero-order chi connectivity index (χ0) is 15.8. The van der Waals surface area contributed by atoms with Gasteiger partial charge in [-0.1, -0.05) is 56.2 Å². The highest BCUT2D eigenvalue weighted by atomic mass is 16.5. The zero-order valence-corrected chi connectivity index (χ0v) is 12.9. The summed E-state index contributed by atoms with van der Waals surface area (Å²) in [5.74, 6) is -0.325. The molecule has 1 heterocycles. The van der Waals surface area contributed by atoms with E-state index in [9.17, 15) is 10.0 Å². The molecule has 2 rings (SSSR count). The van der Waals surface area contributed by atoms with Crippen LogP contribution in [0.2, 0.25) is 0 Å². The van der Waals surface area contributed by atoms with Crippen molar-refractivity contribution in [3.05, 3.63) is 65.8 Å². The molecule has 1 amide bonds. The summed E-state index contributed by atoms with van der Waals surface area (Å²) in [5, 5.41) is 9.68. The molecule has 0 fully saturated rings. The molecule has 0 bridgehead atoms. The molecule has 0 saturated heterocycles. The number of nitrogens with zero attached hydrogens (tertiary/aromatic N) is 2. The molecule has 1 aromatic carbocycles. The third kappa shape index (κ3) is 4.58. The average molecular weight is 298 g/mol. The highest BCUT2D eigenvalue weighted by Crippen LogP contribution is 2.16. The van der Waals surface area contributed by atoms with Crippen LogP contribution in [-0.2, 0) is 11.2 Å². The fourth-order valence-corrected chi connectivity index (χ4v) is 2.38. The Labute approximate surface area is 130 Å². The largest absolute Gasteiger partial charge is 0.427 e. The SMILES string of the molecule is CCCCC(Cc1ccccc1)C(=O)N=c1ccccn1O. The summed E-state index contributed by atoms with van der Waals surface area (Å²) in [7, 11) is 0. The van der Waals surface area contributed by atoms with Crippen molar-refractivity contribution in [1.82, 2.24) is 4.73 Å². The molecule has 116 valence electrons. The first-order valence-electron chi connectivity index (χ1n) is 7.70. The summed E-state index contributed by atoms with van der Waals surface area (Å²) in [6.07, 6.45) is 4.99. The summed E-state index contributed by atoms with van der Waals surface area (Å²) in [6.45, 7) is 2.11. The number of hydrogen-bond donors (Lipinski definition) is 1. The van der Waals surface area contributed by atoms with Crippen LogP contribution >= 0.6 is 0 Å². The predicted molar refractivity (Wildman–Crippen MR) is 85.3 cm³/mol. The number of pyridine rings is 1. The molecule has 1 atom stereocenters. The van der Waals surface area contributed by atoms with E-state index in [1.165, 1.54) is 6.20 Å². The molecular formula is C18H22N2O2. The van der Waals surface area contributed by atoms with E-state index in [1.54, 1.807) is 18.2 Å². The third-order valence-electron chi connectivity index (χ3n) is 3.62. The maximum atomic E-state index is 12.5. The van der Waals surface area contributed by atoms with Crippen LogP contribution in [0.3, 0.4) is 0 Å². The van der Waals surface area contributed by atoms with Crippen molar-refractivity contribution < 1.29 is 10.0 Å². The molecule has 0 aliphatic carbocycles. The number of benzene rings is 1. The molecule has 1 N–H and O–H groups in total. The van der Waals surface area contributed by atoms with Gasteiger partial charge in [-0.3, -0.25) is 4.79 Å². The van der Waals surface area contributed by atoms with Gasteiger partial charge in [0.1, 0.15) is 0 Å². The number of hydrogen-bond acceptors (Lipinski definition) is 2. The van der Waals surface area contributed by atoms with Gasteiger partial charge >= 0.3 is 0 Å². The van der Waals surface area contributed by atoms with Crippen LogP contribution in [0, 0.1) is 5.92 Å². The van der Waals surface area contributed by atoms with Crippen molar-refractivity contribution in [2.75, 3.05) is 0 Å². The molecule has 4 heteroatoms. The lowest BCUT2D eigenvalue weighted by atomic mass is 9.93. The van der Waals surface area contributed by atoms with Gasteiger partial charge in [-0.2, -0.15) is 9.72 Å². The van der Waals surface area contributed by atoms with E-state index < -0.39 is 0 Å². The molecule has 0 aliphatic rings. The van der Waals surface area contributed by atoms with E-state index in [-0.39, 0.29) is 17.3 Å². The van der Waals surface area contributed by atoms with E-state index in [0.717, 1.165) is 29.6 Å². The van der Waals surface area contributed by atoms with E-state index in [1.807, 2.05) is 30.3 Å². The number of rotatable bonds is 6. The second-order valence-electron chi connectivity index (χ2n) is 5.38. The van der Waals surface area contributed by atoms with Crippen molar-refractivity contribution >= 4 is 5.91 Å². The first-order chi connectivity index (χ1) is 10.7. The second kappa shape index (κ2) is 8.17. The summed E-state index contributed by atoms with van der Waals surface area (Å²) in [4.78, 5) is 16.6. The molecule has 0 saturated carbocycles. The molecule has 22 heavy (non-hydrogen) atoms. The summed E-state index contributed by atoms with van der Waals surface area (Å²) in [6, 6.07) is 15.0. The third-order valence-corrected chi connectivity index (χ3v) is 3.62. The zero-order valence-electron chi connectivity index (χ0n) is 12.9. The Bertz CT molecular complexity index is 662. The van der Waals surface area contributed by atoms with Crippen LogP contribution in [0.15, 0.2) is 59.7 Å². The Balaban J connectivity index is 2.19. The second-order valence-corrected chi connectivity index (χ2v) is 5.38. The Morgan fingerprint density at radius 2 is 1.91 bits per heavy atom. The Kier molecular flexibility index (Phi) is 5.95. The first-order valence-corrected chi connectivity index (χ1v) is 7.70. The number of aromatic nitrogens is 1. The molecule has 2 aromatic rings. The van der Waals surface area contributed by atoms with Crippen LogP contribution in [0.25, 0.3) is 0 Å². The topological polar surface area (TPSA) is 54.6 Å². The van der Waals surface area contributed by atoms with Crippen LogP contribution in [0.5, 0.6) is 0 Å². The van der Waals surface area contributed by atoms with Crippen LogP contribution in [-0.4, -0.2) is 15.8 Å². The summed E-state index contributed by atoms with van der Waals surface area (Å²) in [5.41, 5.74) is 1.40. The van der Waals surface area contributed by atoms with Crippen molar-refractivity contribution in [3.8, 4) is 0 Å². The Morgan fingerprint density at radius 1 is 1.18 bits per heavy atom. The normalized spacial score (nSPS) is 13.0. The highest BCUT2D eigenvalue weighted by Gasteiger charge is 2.18. The molecule has 0 aliphatic heterocycles. The van der Waals surface area contributed by atoms with Gasteiger partial charge in [0, 0.05) is 12.1 Å². The van der Waals surface area contributed by atoms with Gasteiger partial charge in [0.2, 0.25) is 0 Å². The average Bonchev–Trinajstić information content (AvgIpc) is 2.54. The lowest BCUT2D eigenvalue weighted by Gasteiger charge is -2.13. The smallest absolute Gasteiger partial charge is 0.251 e. The standard InChI is InChI=1S/C18H22N2O2/c1-2-3-11-16(14-15-9-5-4-6-10-15)18(21)19-17-12-7-8-13-20(17)22/h4-10,12-13,16,22H,2-3,11,14H2,1H3. The van der Waals surface area contributed by atoms with Crippen LogP contribution < -0.4 is 5.49 Å². The monoisotopic (exact) mass is 298 g/mol. The minimum absolute atomic E-state index is 0.150. The van der Waals surface area contributed by atoms with Crippen molar-refractivity contribution in [1.29, 1.82) is 0 Å². The van der Waals surface area contributed by atoms with Crippen molar-refractivity contribution in [2.24, 2.45) is 10.9 Å². The summed E-state index contributed by atoms with van der Waals surface area (Å²) >= 11 is 0. The lowest BCUT2D eigenvalue weighted by Crippen LogP contribution is -2.23. The van der Waals surface area contributed by atoms with Gasteiger partial charge in [-0.25, -0.2) is 0 Å². The van der Waals surface area contributed by atoms with Gasteiger partial charge in [0.15, 0.2) is 5.49 Å². The fourth-order valence-electron chi connectivity index (χ4n) is 2.38. The van der Waals surface area contributed by atoms with Crippen LogP contribution in [0.1, 0.15) is 31.7 Å². The quantitative estimate of drug-likeness (QED) is 0.833. The van der Waals surface area contributed by atoms with Gasteiger partial charge < -0.3 is 5.21 Å². The maximum absolute atomic E-state index is 12.5. The molecule has 1 unspecified atom stereocenters. The van der Waals surface area contributed by atoms with Gasteiger partial charge in [-0.15, -0.1) is 0 Å². The van der Waals surface area contributed by atoms with E-state index in [0.29, 0.717) is 6.42 Å². The number of carbonyl (C=O) groups is 1. The van der Waals surface area contributed by atoms with E-state index in [2.05, 4.69) is 11.9 Å². The molecule has 1 aromatic heterocycles. The Morgan fingerprint density at radius 3 is 2.59 bits per heavy atom. The number of amides is 1. The fraction of sp³-hybridized carbons (Fsp3) is 0.333. The first kappa shape index (κ1) is 16.0. The van der Waals surface area contributed by atoms with Crippen molar-refractivity contribution in [2.45, 2.75) is 32.6 Å².